The molecule has 3 aromatic rings. The average Bonchev–Trinajstić information content (AvgIpc) is 2.69. The van der Waals surface area contributed by atoms with E-state index < -0.39 is 22.5 Å². The van der Waals surface area contributed by atoms with Gasteiger partial charge in [0.2, 0.25) is 10.0 Å². The molecule has 0 saturated carbocycles. The molecule has 1 N–H and O–H groups in total. The van der Waals surface area contributed by atoms with E-state index in [9.17, 15) is 13.2 Å². The molecule has 0 aliphatic rings. The van der Waals surface area contributed by atoms with Crippen LogP contribution in [0.1, 0.15) is 5.56 Å². The van der Waals surface area contributed by atoms with Crippen LogP contribution in [0.5, 0.6) is 0 Å². The number of amides is 1. The minimum absolute atomic E-state index is 0.109. The highest BCUT2D eigenvalue weighted by Gasteiger charge is 2.23. The van der Waals surface area contributed by atoms with E-state index in [4.69, 9.17) is 23.2 Å². The van der Waals surface area contributed by atoms with E-state index in [1.54, 1.807) is 30.3 Å². The molecule has 0 fully saturated rings. The molecule has 0 aliphatic carbocycles. The number of benzene rings is 3. The summed E-state index contributed by atoms with van der Waals surface area (Å²) in [6, 6.07) is 17.2. The number of fused-ring (bicyclic) bond motifs is 1. The lowest BCUT2D eigenvalue weighted by molar-refractivity contribution is -0.121. The van der Waals surface area contributed by atoms with Crippen LogP contribution in [0.2, 0.25) is 10.0 Å². The summed E-state index contributed by atoms with van der Waals surface area (Å²) in [5.74, 6) is -0.601. The first-order chi connectivity index (χ1) is 13.8. The number of likely N-dealkylation sites (N-methyl/N-ethyl adjacent to an activating group) is 1. The fourth-order valence-electron chi connectivity index (χ4n) is 2.63. The van der Waals surface area contributed by atoms with Crippen molar-refractivity contribution >= 4 is 56.1 Å². The summed E-state index contributed by atoms with van der Waals surface area (Å²) in [6.45, 7) is -0.400. The summed E-state index contributed by atoms with van der Waals surface area (Å²) in [5.41, 5.74) is 2.73. The quantitative estimate of drug-likeness (QED) is 0.457. The zero-order chi connectivity index (χ0) is 21.0. The molecule has 0 saturated heterocycles. The summed E-state index contributed by atoms with van der Waals surface area (Å²) < 4.78 is 26.5. The van der Waals surface area contributed by atoms with E-state index in [0.29, 0.717) is 15.6 Å². The number of nitrogens with zero attached hydrogens (tertiary/aromatic N) is 2. The lowest BCUT2D eigenvalue weighted by Crippen LogP contribution is -2.36. The topological polar surface area (TPSA) is 78.8 Å². The summed E-state index contributed by atoms with van der Waals surface area (Å²) in [7, 11) is -2.51. The molecule has 150 valence electrons. The number of hydrogen-bond acceptors (Lipinski definition) is 4. The standard InChI is InChI=1S/C20H17Cl2N3O3S/c1-25(13-20(26)24-23-12-17-18(21)7-4-8-19(17)22)29(27,28)16-10-9-14-5-2-3-6-15(14)11-16/h2-12H,13H2,1H3,(H,24,26)/b23-12-. The van der Waals surface area contributed by atoms with Crippen molar-refractivity contribution in [2.45, 2.75) is 4.90 Å². The molecular weight excluding hydrogens is 433 g/mol. The smallest absolute Gasteiger partial charge is 0.255 e. The fourth-order valence-corrected chi connectivity index (χ4v) is 4.29. The van der Waals surface area contributed by atoms with Crippen molar-refractivity contribution in [1.29, 1.82) is 0 Å². The molecule has 29 heavy (non-hydrogen) atoms. The molecule has 0 spiro atoms. The van der Waals surface area contributed by atoms with E-state index in [2.05, 4.69) is 10.5 Å². The fraction of sp³-hybridized carbons (Fsp3) is 0.100. The Morgan fingerprint density at radius 1 is 1.03 bits per heavy atom. The molecule has 1 amide bonds. The normalized spacial score (nSPS) is 12.0. The van der Waals surface area contributed by atoms with Gasteiger partial charge in [0.1, 0.15) is 0 Å². The highest BCUT2D eigenvalue weighted by atomic mass is 35.5. The maximum absolute atomic E-state index is 12.8. The van der Waals surface area contributed by atoms with Gasteiger partial charge in [-0.25, -0.2) is 13.8 Å². The van der Waals surface area contributed by atoms with E-state index in [1.165, 1.54) is 19.3 Å². The van der Waals surface area contributed by atoms with E-state index >= 15 is 0 Å². The number of carbonyl (C=O) groups is 1. The van der Waals surface area contributed by atoms with Crippen molar-refractivity contribution < 1.29 is 13.2 Å². The summed E-state index contributed by atoms with van der Waals surface area (Å²) in [5, 5.41) is 6.29. The van der Waals surface area contributed by atoms with E-state index in [1.807, 2.05) is 24.3 Å². The zero-order valence-corrected chi connectivity index (χ0v) is 17.7. The minimum Gasteiger partial charge on any atom is -0.272 e. The third kappa shape index (κ3) is 4.94. The van der Waals surface area contributed by atoms with Crippen molar-refractivity contribution in [2.75, 3.05) is 13.6 Å². The number of hydrazone groups is 1. The van der Waals surface area contributed by atoms with Crippen molar-refractivity contribution in [2.24, 2.45) is 5.10 Å². The zero-order valence-electron chi connectivity index (χ0n) is 15.3. The molecule has 0 unspecified atom stereocenters. The number of nitrogens with one attached hydrogen (secondary N) is 1. The van der Waals surface area contributed by atoms with Crippen molar-refractivity contribution in [3.05, 3.63) is 76.3 Å². The molecule has 0 bridgehead atoms. The molecule has 0 heterocycles. The van der Waals surface area contributed by atoms with Crippen LogP contribution in [0.3, 0.4) is 0 Å². The summed E-state index contributed by atoms with van der Waals surface area (Å²) in [4.78, 5) is 12.2. The van der Waals surface area contributed by atoms with Gasteiger partial charge >= 0.3 is 0 Å². The van der Waals surface area contributed by atoms with Crippen LogP contribution >= 0.6 is 23.2 Å². The number of carbonyl (C=O) groups excluding carboxylic acids is 1. The van der Waals surface area contributed by atoms with Crippen molar-refractivity contribution in [3.63, 3.8) is 0 Å². The van der Waals surface area contributed by atoms with Crippen LogP contribution in [0.25, 0.3) is 10.8 Å². The Kier molecular flexibility index (Phi) is 6.54. The monoisotopic (exact) mass is 449 g/mol. The van der Waals surface area contributed by atoms with Crippen LogP contribution in [0.15, 0.2) is 70.7 Å². The molecule has 6 nitrogen and oxygen atoms in total. The van der Waals surface area contributed by atoms with Gasteiger partial charge < -0.3 is 0 Å². The van der Waals surface area contributed by atoms with Gasteiger partial charge in [0.15, 0.2) is 0 Å². The molecule has 0 aromatic heterocycles. The molecular formula is C20H17Cl2N3O3S. The van der Waals surface area contributed by atoms with Gasteiger partial charge in [0, 0.05) is 12.6 Å². The van der Waals surface area contributed by atoms with Crippen molar-refractivity contribution in [1.82, 2.24) is 9.73 Å². The second kappa shape index (κ2) is 8.92. The molecule has 0 aliphatic heterocycles. The molecule has 0 radical (unpaired) electrons. The molecule has 3 rings (SSSR count). The minimum atomic E-state index is -3.84. The molecule has 0 atom stereocenters. The van der Waals surface area contributed by atoms with Crippen LogP contribution < -0.4 is 5.43 Å². The van der Waals surface area contributed by atoms with Crippen LogP contribution in [-0.2, 0) is 14.8 Å². The Morgan fingerprint density at radius 3 is 2.38 bits per heavy atom. The largest absolute Gasteiger partial charge is 0.272 e. The lowest BCUT2D eigenvalue weighted by Gasteiger charge is -2.16. The van der Waals surface area contributed by atoms with E-state index in [-0.39, 0.29) is 4.90 Å². The van der Waals surface area contributed by atoms with Gasteiger partial charge in [0.05, 0.1) is 27.7 Å². The predicted molar refractivity (Wildman–Crippen MR) is 116 cm³/mol. The Hall–Kier alpha value is -2.45. The molecule has 3 aromatic carbocycles. The third-order valence-corrected chi connectivity index (χ3v) is 6.64. The summed E-state index contributed by atoms with van der Waals surface area (Å²) in [6.07, 6.45) is 1.31. The Balaban J connectivity index is 1.68. The van der Waals surface area contributed by atoms with E-state index in [0.717, 1.165) is 15.1 Å². The van der Waals surface area contributed by atoms with Gasteiger partial charge in [-0.2, -0.15) is 9.41 Å². The first kappa shape index (κ1) is 21.3. The molecule has 9 heteroatoms. The maximum atomic E-state index is 12.8. The highest BCUT2D eigenvalue weighted by molar-refractivity contribution is 7.89. The Morgan fingerprint density at radius 2 is 1.69 bits per heavy atom. The lowest BCUT2D eigenvalue weighted by atomic mass is 10.1. The SMILES string of the molecule is CN(CC(=O)N/N=C\c1c(Cl)cccc1Cl)S(=O)(=O)c1ccc2ccccc2c1. The average molecular weight is 450 g/mol. The van der Waals surface area contributed by atoms with Gasteiger partial charge in [-0.15, -0.1) is 0 Å². The van der Waals surface area contributed by atoms with Crippen molar-refractivity contribution in [3.8, 4) is 0 Å². The number of halogens is 2. The first-order valence-corrected chi connectivity index (χ1v) is 10.7. The number of rotatable bonds is 6. The Labute approximate surface area is 178 Å². The highest BCUT2D eigenvalue weighted by Crippen LogP contribution is 2.22. The number of hydrogen-bond donors (Lipinski definition) is 1. The first-order valence-electron chi connectivity index (χ1n) is 8.50. The Bertz CT molecular complexity index is 1180. The van der Waals surface area contributed by atoms with Gasteiger partial charge in [-0.3, -0.25) is 4.79 Å². The second-order valence-corrected chi connectivity index (χ2v) is 9.06. The predicted octanol–water partition coefficient (Wildman–Crippen LogP) is 3.92. The summed E-state index contributed by atoms with van der Waals surface area (Å²) >= 11 is 12.0. The number of sulfonamides is 1. The maximum Gasteiger partial charge on any atom is 0.255 e. The third-order valence-electron chi connectivity index (χ3n) is 4.18. The van der Waals surface area contributed by atoms with Crippen LogP contribution in [0, 0.1) is 0 Å². The van der Waals surface area contributed by atoms with Gasteiger partial charge in [-0.1, -0.05) is 59.6 Å². The van der Waals surface area contributed by atoms with Crippen LogP contribution in [0.4, 0.5) is 0 Å². The van der Waals surface area contributed by atoms with Gasteiger partial charge in [0.25, 0.3) is 5.91 Å². The van der Waals surface area contributed by atoms with Gasteiger partial charge in [-0.05, 0) is 35.0 Å². The van der Waals surface area contributed by atoms with Crippen LogP contribution in [-0.4, -0.2) is 38.4 Å². The second-order valence-electron chi connectivity index (χ2n) is 6.20.